The molecule has 2 saturated heterocycles. The summed E-state index contributed by atoms with van der Waals surface area (Å²) in [6, 6.07) is 0. The van der Waals surface area contributed by atoms with Gasteiger partial charge < -0.3 is 20.1 Å². The molecule has 0 unspecified atom stereocenters. The van der Waals surface area contributed by atoms with Crippen LogP contribution in [-0.2, 0) is 9.53 Å². The number of nitrogens with zero attached hydrogens (tertiary/aromatic N) is 2. The first-order chi connectivity index (χ1) is 9.85. The van der Waals surface area contributed by atoms with Crippen molar-refractivity contribution in [2.24, 2.45) is 0 Å². The number of aliphatic hydroxyl groups is 1. The Balaban J connectivity index is 1.96. The molecule has 6 nitrogen and oxygen atoms in total. The largest absolute Gasteiger partial charge is 0.388 e. The van der Waals surface area contributed by atoms with Crippen molar-refractivity contribution < 1.29 is 14.6 Å². The van der Waals surface area contributed by atoms with Gasteiger partial charge in [-0.25, -0.2) is 0 Å². The van der Waals surface area contributed by atoms with E-state index >= 15 is 0 Å². The summed E-state index contributed by atoms with van der Waals surface area (Å²) >= 11 is 0. The lowest BCUT2D eigenvalue weighted by atomic mass is 9.92. The maximum atomic E-state index is 12.8. The summed E-state index contributed by atoms with van der Waals surface area (Å²) in [6.45, 7) is 9.07. The number of nitrogens with one attached hydrogen (secondary N) is 1. The van der Waals surface area contributed by atoms with E-state index in [1.54, 1.807) is 11.9 Å². The number of ether oxygens (including phenoxy) is 1. The number of hydrogen-bond acceptors (Lipinski definition) is 5. The van der Waals surface area contributed by atoms with Crippen molar-refractivity contribution in [2.75, 3.05) is 53.0 Å². The highest BCUT2D eigenvalue weighted by Crippen LogP contribution is 2.24. The van der Waals surface area contributed by atoms with Gasteiger partial charge in [-0.2, -0.15) is 0 Å². The van der Waals surface area contributed by atoms with E-state index in [2.05, 4.69) is 10.2 Å². The van der Waals surface area contributed by atoms with E-state index < -0.39 is 11.1 Å². The van der Waals surface area contributed by atoms with Crippen LogP contribution in [0.1, 0.15) is 26.7 Å². The van der Waals surface area contributed by atoms with E-state index in [4.69, 9.17) is 4.74 Å². The maximum absolute atomic E-state index is 12.8. The highest BCUT2D eigenvalue weighted by Gasteiger charge is 2.40. The molecule has 0 aromatic carbocycles. The predicted octanol–water partition coefficient (Wildman–Crippen LogP) is -0.330. The number of likely N-dealkylation sites (N-methyl/N-ethyl adjacent to an activating group) is 1. The quantitative estimate of drug-likeness (QED) is 0.744. The van der Waals surface area contributed by atoms with E-state index in [0.717, 1.165) is 26.2 Å². The fourth-order valence-electron chi connectivity index (χ4n) is 3.25. The molecular formula is C15H29N3O3. The molecule has 1 amide bonds. The van der Waals surface area contributed by atoms with Crippen molar-refractivity contribution in [3.8, 4) is 0 Å². The van der Waals surface area contributed by atoms with Crippen LogP contribution in [0.5, 0.6) is 0 Å². The van der Waals surface area contributed by atoms with Gasteiger partial charge in [-0.3, -0.25) is 9.69 Å². The number of carbonyl (C=O) groups excluding carboxylic acids is 1. The Hall–Kier alpha value is -0.690. The molecule has 0 atom stereocenters. The van der Waals surface area contributed by atoms with E-state index in [1.807, 2.05) is 13.8 Å². The van der Waals surface area contributed by atoms with Crippen LogP contribution in [-0.4, -0.2) is 84.9 Å². The third-order valence-electron chi connectivity index (χ3n) is 4.73. The molecule has 0 saturated carbocycles. The molecule has 2 heterocycles. The van der Waals surface area contributed by atoms with Crippen molar-refractivity contribution in [1.29, 1.82) is 0 Å². The van der Waals surface area contributed by atoms with Crippen LogP contribution in [0.2, 0.25) is 0 Å². The second-order valence-corrected chi connectivity index (χ2v) is 6.79. The lowest BCUT2D eigenvalue weighted by Gasteiger charge is -2.43. The summed E-state index contributed by atoms with van der Waals surface area (Å²) in [5.74, 6) is 0.0734. The SMILES string of the molecule is CN(CC1(O)CCOCC1)C(=O)C(C)(C)N1CCNCC1. The van der Waals surface area contributed by atoms with E-state index in [0.29, 0.717) is 32.6 Å². The molecule has 2 aliphatic rings. The molecule has 2 rings (SSSR count). The zero-order chi connectivity index (χ0) is 15.5. The molecule has 0 radical (unpaired) electrons. The van der Waals surface area contributed by atoms with Crippen LogP contribution < -0.4 is 5.32 Å². The summed E-state index contributed by atoms with van der Waals surface area (Å²) in [6.07, 6.45) is 1.19. The van der Waals surface area contributed by atoms with Crippen molar-refractivity contribution >= 4 is 5.91 Å². The molecule has 0 bridgehead atoms. The number of piperazine rings is 1. The second kappa shape index (κ2) is 6.60. The lowest BCUT2D eigenvalue weighted by molar-refractivity contribution is -0.148. The fourth-order valence-corrected chi connectivity index (χ4v) is 3.25. The topological polar surface area (TPSA) is 65.0 Å². The first-order valence-electron chi connectivity index (χ1n) is 7.87. The number of rotatable bonds is 4. The van der Waals surface area contributed by atoms with Gasteiger partial charge in [0.05, 0.1) is 11.1 Å². The molecular weight excluding hydrogens is 270 g/mol. The zero-order valence-electron chi connectivity index (χ0n) is 13.5. The Kier molecular flexibility index (Phi) is 5.24. The van der Waals surface area contributed by atoms with E-state index in [9.17, 15) is 9.90 Å². The minimum atomic E-state index is -0.803. The van der Waals surface area contributed by atoms with Crippen LogP contribution in [0.4, 0.5) is 0 Å². The monoisotopic (exact) mass is 299 g/mol. The van der Waals surface area contributed by atoms with Crippen molar-refractivity contribution in [3.05, 3.63) is 0 Å². The molecule has 2 N–H and O–H groups in total. The first-order valence-corrected chi connectivity index (χ1v) is 7.87. The normalized spacial score (nSPS) is 23.8. The van der Waals surface area contributed by atoms with Gasteiger partial charge in [0, 0.05) is 65.8 Å². The van der Waals surface area contributed by atoms with Crippen molar-refractivity contribution in [2.45, 2.75) is 37.8 Å². The summed E-state index contributed by atoms with van der Waals surface area (Å²) < 4.78 is 5.29. The van der Waals surface area contributed by atoms with Crippen LogP contribution in [0.15, 0.2) is 0 Å². The summed E-state index contributed by atoms with van der Waals surface area (Å²) in [4.78, 5) is 16.7. The van der Waals surface area contributed by atoms with E-state index in [-0.39, 0.29) is 5.91 Å². The molecule has 0 aliphatic carbocycles. The van der Waals surface area contributed by atoms with Gasteiger partial charge in [-0.1, -0.05) is 0 Å². The van der Waals surface area contributed by atoms with Gasteiger partial charge in [0.1, 0.15) is 0 Å². The highest BCUT2D eigenvalue weighted by atomic mass is 16.5. The van der Waals surface area contributed by atoms with Gasteiger partial charge in [0.15, 0.2) is 0 Å². The average molecular weight is 299 g/mol. The van der Waals surface area contributed by atoms with Gasteiger partial charge in [-0.15, -0.1) is 0 Å². The summed E-state index contributed by atoms with van der Waals surface area (Å²) in [5, 5.41) is 13.9. The van der Waals surface area contributed by atoms with Crippen molar-refractivity contribution in [1.82, 2.24) is 15.1 Å². The number of carbonyl (C=O) groups is 1. The molecule has 6 heteroatoms. The van der Waals surface area contributed by atoms with Crippen LogP contribution in [0.3, 0.4) is 0 Å². The van der Waals surface area contributed by atoms with E-state index in [1.165, 1.54) is 0 Å². The Labute approximate surface area is 127 Å². The minimum Gasteiger partial charge on any atom is -0.388 e. The standard InChI is InChI=1S/C15H29N3O3/c1-14(2,18-8-6-16-7-9-18)13(19)17(3)12-15(20)4-10-21-11-5-15/h16,20H,4-12H2,1-3H3. The third kappa shape index (κ3) is 3.94. The highest BCUT2D eigenvalue weighted by molar-refractivity contribution is 5.85. The predicted molar refractivity (Wildman–Crippen MR) is 81.2 cm³/mol. The second-order valence-electron chi connectivity index (χ2n) is 6.79. The zero-order valence-corrected chi connectivity index (χ0v) is 13.5. The Bertz CT molecular complexity index is 361. The minimum absolute atomic E-state index is 0.0734. The average Bonchev–Trinajstić information content (AvgIpc) is 2.47. The van der Waals surface area contributed by atoms with Gasteiger partial charge in [0.25, 0.3) is 0 Å². The molecule has 0 spiro atoms. The third-order valence-corrected chi connectivity index (χ3v) is 4.73. The molecule has 21 heavy (non-hydrogen) atoms. The van der Waals surface area contributed by atoms with Gasteiger partial charge in [-0.05, 0) is 13.8 Å². The van der Waals surface area contributed by atoms with Crippen LogP contribution in [0.25, 0.3) is 0 Å². The Morgan fingerprint density at radius 1 is 1.33 bits per heavy atom. The maximum Gasteiger partial charge on any atom is 0.242 e. The molecule has 122 valence electrons. The van der Waals surface area contributed by atoms with Gasteiger partial charge in [0.2, 0.25) is 5.91 Å². The van der Waals surface area contributed by atoms with Gasteiger partial charge >= 0.3 is 0 Å². The fraction of sp³-hybridized carbons (Fsp3) is 0.933. The summed E-state index contributed by atoms with van der Waals surface area (Å²) in [5.41, 5.74) is -1.33. The lowest BCUT2D eigenvalue weighted by Crippen LogP contribution is -2.61. The number of amides is 1. The number of hydrogen-bond donors (Lipinski definition) is 2. The first kappa shape index (κ1) is 16.7. The smallest absolute Gasteiger partial charge is 0.242 e. The molecule has 2 fully saturated rings. The van der Waals surface area contributed by atoms with Crippen LogP contribution >= 0.6 is 0 Å². The van der Waals surface area contributed by atoms with Crippen LogP contribution in [0, 0.1) is 0 Å². The molecule has 2 aliphatic heterocycles. The summed E-state index contributed by atoms with van der Waals surface area (Å²) in [7, 11) is 1.79. The van der Waals surface area contributed by atoms with Crippen molar-refractivity contribution in [3.63, 3.8) is 0 Å². The molecule has 0 aromatic heterocycles. The Morgan fingerprint density at radius 2 is 1.90 bits per heavy atom. The Morgan fingerprint density at radius 3 is 2.48 bits per heavy atom. The molecule has 0 aromatic rings.